The number of rotatable bonds is 3. The van der Waals surface area contributed by atoms with E-state index in [0.717, 1.165) is 57.6 Å². The molecule has 2 aromatic heterocycles. The fourth-order valence-corrected chi connectivity index (χ4v) is 5.43. The molecule has 0 spiro atoms. The molecule has 0 N–H and O–H groups in total. The van der Waals surface area contributed by atoms with Gasteiger partial charge in [-0.3, -0.25) is 4.79 Å². The molecule has 1 saturated heterocycles. The van der Waals surface area contributed by atoms with E-state index in [1.54, 1.807) is 6.07 Å². The Hall–Kier alpha value is -2.41. The van der Waals surface area contributed by atoms with Gasteiger partial charge in [0.2, 0.25) is 5.76 Å². The number of carbonyl (C=O) groups excluding carboxylic acids is 1. The smallest absolute Gasteiger partial charge is 0.292 e. The van der Waals surface area contributed by atoms with Crippen LogP contribution in [0.4, 0.5) is 0 Å². The fraction of sp³-hybridized carbons (Fsp3) is 0.476. The van der Waals surface area contributed by atoms with Crippen molar-refractivity contribution in [3.05, 3.63) is 57.0 Å². The Balaban J connectivity index is 1.20. The fourth-order valence-electron chi connectivity index (χ4n) is 4.16. The highest BCUT2D eigenvalue weighted by Gasteiger charge is 2.29. The second-order valence-corrected chi connectivity index (χ2v) is 8.87. The summed E-state index contributed by atoms with van der Waals surface area (Å²) < 4.78 is 5.13. The molecule has 28 heavy (non-hydrogen) atoms. The number of nitrogens with zero attached hydrogens (tertiary/aromatic N) is 4. The van der Waals surface area contributed by atoms with E-state index >= 15 is 0 Å². The zero-order valence-corrected chi connectivity index (χ0v) is 16.9. The van der Waals surface area contributed by atoms with Crippen LogP contribution in [0.5, 0.6) is 0 Å². The van der Waals surface area contributed by atoms with Gasteiger partial charge in [-0.05, 0) is 31.9 Å². The Labute approximate surface area is 168 Å². The maximum Gasteiger partial charge on any atom is 0.292 e. The Bertz CT molecular complexity index is 924. The van der Waals surface area contributed by atoms with Crippen LogP contribution in [0, 0.1) is 6.92 Å². The minimum absolute atomic E-state index is 0.0478. The SMILES string of the molecule is Cc1cc(C(=O)N2CCC(c3nc4c(s3)CCN(C3=CC=C3)CC4)CC2)on1. The van der Waals surface area contributed by atoms with Gasteiger partial charge < -0.3 is 14.3 Å². The molecule has 2 aromatic rings. The van der Waals surface area contributed by atoms with Crippen molar-refractivity contribution in [2.45, 2.75) is 38.5 Å². The van der Waals surface area contributed by atoms with E-state index in [9.17, 15) is 4.79 Å². The molecule has 1 amide bonds. The molecule has 0 unspecified atom stereocenters. The average Bonchev–Trinajstić information content (AvgIpc) is 3.24. The number of allylic oxidation sites excluding steroid dienone is 3. The second-order valence-electron chi connectivity index (χ2n) is 7.76. The van der Waals surface area contributed by atoms with Crippen LogP contribution in [-0.2, 0) is 12.8 Å². The number of fused-ring (bicyclic) bond motifs is 1. The number of thiazole rings is 1. The molecule has 2 aliphatic heterocycles. The summed E-state index contributed by atoms with van der Waals surface area (Å²) in [6, 6.07) is 1.71. The Kier molecular flexibility index (Phi) is 4.55. The van der Waals surface area contributed by atoms with Crippen LogP contribution in [-0.4, -0.2) is 52.0 Å². The highest BCUT2D eigenvalue weighted by molar-refractivity contribution is 7.11. The van der Waals surface area contributed by atoms with Gasteiger partial charge in [0.05, 0.1) is 16.4 Å². The van der Waals surface area contributed by atoms with E-state index in [2.05, 4.69) is 28.3 Å². The third-order valence-electron chi connectivity index (χ3n) is 5.89. The van der Waals surface area contributed by atoms with Crippen molar-refractivity contribution in [1.82, 2.24) is 19.9 Å². The summed E-state index contributed by atoms with van der Waals surface area (Å²) in [5.41, 5.74) is 3.39. The molecular weight excluding hydrogens is 372 g/mol. The molecule has 0 aromatic carbocycles. The number of aromatic nitrogens is 2. The molecule has 4 heterocycles. The van der Waals surface area contributed by atoms with E-state index in [0.29, 0.717) is 11.7 Å². The van der Waals surface area contributed by atoms with Gasteiger partial charge in [0.1, 0.15) is 0 Å². The summed E-state index contributed by atoms with van der Waals surface area (Å²) in [6.45, 7) is 5.46. The largest absolute Gasteiger partial charge is 0.371 e. The van der Waals surface area contributed by atoms with Crippen LogP contribution in [0.2, 0.25) is 0 Å². The number of amides is 1. The zero-order chi connectivity index (χ0) is 19.1. The van der Waals surface area contributed by atoms with E-state index in [-0.39, 0.29) is 5.91 Å². The van der Waals surface area contributed by atoms with Gasteiger partial charge in [-0.15, -0.1) is 11.3 Å². The average molecular weight is 397 g/mol. The van der Waals surface area contributed by atoms with Crippen molar-refractivity contribution in [3.63, 3.8) is 0 Å². The molecule has 7 heteroatoms. The molecule has 1 fully saturated rings. The summed E-state index contributed by atoms with van der Waals surface area (Å²) in [7, 11) is 0. The van der Waals surface area contributed by atoms with Gasteiger partial charge in [0.25, 0.3) is 5.91 Å². The highest BCUT2D eigenvalue weighted by Crippen LogP contribution is 2.34. The van der Waals surface area contributed by atoms with Crippen molar-refractivity contribution in [2.75, 3.05) is 26.2 Å². The number of piperidine rings is 1. The predicted octanol–water partition coefficient (Wildman–Crippen LogP) is 3.31. The summed E-state index contributed by atoms with van der Waals surface area (Å²) in [6.07, 6.45) is 10.5. The molecule has 0 atom stereocenters. The minimum atomic E-state index is -0.0478. The van der Waals surface area contributed by atoms with Crippen LogP contribution in [0.25, 0.3) is 0 Å². The number of likely N-dealkylation sites (tertiary alicyclic amines) is 1. The third kappa shape index (κ3) is 3.28. The van der Waals surface area contributed by atoms with Crippen molar-refractivity contribution in [1.29, 1.82) is 0 Å². The molecule has 146 valence electrons. The second kappa shape index (κ2) is 7.20. The van der Waals surface area contributed by atoms with Crippen LogP contribution >= 0.6 is 11.3 Å². The van der Waals surface area contributed by atoms with Crippen LogP contribution < -0.4 is 0 Å². The molecule has 5 rings (SSSR count). The van der Waals surface area contributed by atoms with E-state index in [1.807, 2.05) is 23.2 Å². The quantitative estimate of drug-likeness (QED) is 0.796. The maximum absolute atomic E-state index is 12.5. The number of hydrogen-bond donors (Lipinski definition) is 0. The molecule has 0 bridgehead atoms. The first-order chi connectivity index (χ1) is 13.7. The van der Waals surface area contributed by atoms with Crippen molar-refractivity contribution >= 4 is 17.2 Å². The van der Waals surface area contributed by atoms with Gasteiger partial charge in [-0.1, -0.05) is 11.2 Å². The van der Waals surface area contributed by atoms with Crippen LogP contribution in [0.15, 0.2) is 34.5 Å². The van der Waals surface area contributed by atoms with Gasteiger partial charge in [-0.25, -0.2) is 4.98 Å². The lowest BCUT2D eigenvalue weighted by Gasteiger charge is -2.30. The maximum atomic E-state index is 12.5. The minimum Gasteiger partial charge on any atom is -0.371 e. The van der Waals surface area contributed by atoms with Crippen LogP contribution in [0.1, 0.15) is 50.6 Å². The summed E-state index contributed by atoms with van der Waals surface area (Å²) >= 11 is 1.90. The zero-order valence-electron chi connectivity index (χ0n) is 16.1. The van der Waals surface area contributed by atoms with E-state index in [4.69, 9.17) is 9.51 Å². The van der Waals surface area contributed by atoms with E-state index in [1.165, 1.54) is 21.3 Å². The molecular formula is C21H24N4O2S. The van der Waals surface area contributed by atoms with Gasteiger partial charge >= 0.3 is 0 Å². The topological polar surface area (TPSA) is 62.5 Å². The number of aryl methyl sites for hydroxylation is 1. The lowest BCUT2D eigenvalue weighted by Crippen LogP contribution is -2.37. The van der Waals surface area contributed by atoms with Gasteiger partial charge in [0, 0.05) is 61.6 Å². The van der Waals surface area contributed by atoms with Gasteiger partial charge in [-0.2, -0.15) is 0 Å². The molecule has 6 nitrogen and oxygen atoms in total. The van der Waals surface area contributed by atoms with Gasteiger partial charge in [0.15, 0.2) is 0 Å². The van der Waals surface area contributed by atoms with E-state index < -0.39 is 0 Å². The van der Waals surface area contributed by atoms with Crippen molar-refractivity contribution in [3.8, 4) is 0 Å². The standard InChI is InChI=1S/C21H24N4O2S/c1-14-13-18(27-23-14)21(26)25-9-5-15(6-10-25)20-22-17-7-11-24(16-3-2-4-16)12-8-19(17)28-20/h2-4,13,15H,5-12H2,1H3. The lowest BCUT2D eigenvalue weighted by molar-refractivity contribution is 0.0671. The first kappa shape index (κ1) is 17.7. The molecule has 1 aliphatic carbocycles. The highest BCUT2D eigenvalue weighted by atomic mass is 32.1. The Morgan fingerprint density at radius 1 is 1.21 bits per heavy atom. The number of carbonyl (C=O) groups is 1. The third-order valence-corrected chi connectivity index (χ3v) is 7.21. The Morgan fingerprint density at radius 2 is 2.00 bits per heavy atom. The molecule has 3 aliphatic rings. The summed E-state index contributed by atoms with van der Waals surface area (Å²) in [4.78, 5) is 23.4. The molecule has 0 saturated carbocycles. The lowest BCUT2D eigenvalue weighted by atomic mass is 9.97. The van der Waals surface area contributed by atoms with Crippen molar-refractivity contribution < 1.29 is 9.32 Å². The van der Waals surface area contributed by atoms with Crippen molar-refractivity contribution in [2.24, 2.45) is 0 Å². The first-order valence-corrected chi connectivity index (χ1v) is 10.8. The Morgan fingerprint density at radius 3 is 2.68 bits per heavy atom. The summed E-state index contributed by atoms with van der Waals surface area (Å²) in [5.74, 6) is 0.761. The monoisotopic (exact) mass is 396 g/mol. The predicted molar refractivity (Wildman–Crippen MR) is 107 cm³/mol. The first-order valence-electron chi connectivity index (χ1n) is 10.0. The van der Waals surface area contributed by atoms with Crippen LogP contribution in [0.3, 0.4) is 0 Å². The summed E-state index contributed by atoms with van der Waals surface area (Å²) in [5, 5.41) is 5.09. The number of hydrogen-bond acceptors (Lipinski definition) is 6. The normalized spacial score (nSPS) is 19.8. The molecule has 0 radical (unpaired) electrons.